The van der Waals surface area contributed by atoms with Gasteiger partial charge in [0, 0.05) is 31.8 Å². The summed E-state index contributed by atoms with van der Waals surface area (Å²) in [4.78, 5) is 17.1. The number of anilines is 1. The molecule has 2 fully saturated rings. The van der Waals surface area contributed by atoms with E-state index in [9.17, 15) is 9.18 Å². The van der Waals surface area contributed by atoms with Crippen molar-refractivity contribution in [2.75, 3.05) is 31.9 Å². The standard InChI is InChI=1S/C25H32BrFN4O4/c1-25(2,3)35-24(32)31(16-6-5-7-16)17-10-11-30(14-17)23-9-8-21(28-29-23)18-12-20(27)19(26)13-22(18)34-15-33-4/h8-9,12-13,16-17H,5-7,10-11,14-15H2,1-4H3/t17-/m1/s1. The van der Waals surface area contributed by atoms with Crippen LogP contribution >= 0.6 is 15.9 Å². The summed E-state index contributed by atoms with van der Waals surface area (Å²) in [6, 6.07) is 6.88. The number of carbonyl (C=O) groups excluding carboxylic acids is 1. The second-order valence-electron chi connectivity index (χ2n) is 9.95. The highest BCUT2D eigenvalue weighted by Gasteiger charge is 2.40. The lowest BCUT2D eigenvalue weighted by Gasteiger charge is -2.41. The molecule has 0 bridgehead atoms. The van der Waals surface area contributed by atoms with Gasteiger partial charge in [-0.25, -0.2) is 9.18 Å². The van der Waals surface area contributed by atoms with E-state index in [4.69, 9.17) is 14.2 Å². The minimum Gasteiger partial charge on any atom is -0.467 e. The monoisotopic (exact) mass is 550 g/mol. The largest absolute Gasteiger partial charge is 0.467 e. The minimum absolute atomic E-state index is 0.0287. The number of nitrogens with zero attached hydrogens (tertiary/aromatic N) is 4. The molecule has 0 N–H and O–H groups in total. The van der Waals surface area contributed by atoms with Crippen molar-refractivity contribution in [3.8, 4) is 17.0 Å². The zero-order valence-electron chi connectivity index (χ0n) is 20.6. The summed E-state index contributed by atoms with van der Waals surface area (Å²) in [6.45, 7) is 7.14. The van der Waals surface area contributed by atoms with Crippen LogP contribution in [-0.4, -0.2) is 65.9 Å². The van der Waals surface area contributed by atoms with Gasteiger partial charge in [-0.3, -0.25) is 0 Å². The molecular weight excluding hydrogens is 519 g/mol. The fourth-order valence-electron chi connectivity index (χ4n) is 4.36. The Morgan fingerprint density at radius 3 is 2.57 bits per heavy atom. The number of aromatic nitrogens is 2. The van der Waals surface area contributed by atoms with E-state index in [1.165, 1.54) is 13.2 Å². The normalized spacial score (nSPS) is 18.3. The van der Waals surface area contributed by atoms with E-state index in [-0.39, 0.29) is 25.0 Å². The van der Waals surface area contributed by atoms with Crippen LogP contribution in [0.3, 0.4) is 0 Å². The first kappa shape index (κ1) is 25.6. The third-order valence-electron chi connectivity index (χ3n) is 6.23. The average molecular weight is 551 g/mol. The van der Waals surface area contributed by atoms with Crippen LogP contribution in [-0.2, 0) is 9.47 Å². The Hall–Kier alpha value is -2.46. The van der Waals surface area contributed by atoms with Crippen molar-refractivity contribution < 1.29 is 23.4 Å². The molecule has 2 heterocycles. The molecular formula is C25H32BrFN4O4. The third-order valence-corrected chi connectivity index (χ3v) is 6.84. The molecule has 2 aliphatic rings. The number of halogens is 2. The predicted molar refractivity (Wildman–Crippen MR) is 134 cm³/mol. The molecule has 1 amide bonds. The van der Waals surface area contributed by atoms with Crippen LogP contribution in [0.25, 0.3) is 11.3 Å². The number of carbonyl (C=O) groups is 1. The minimum atomic E-state index is -0.531. The van der Waals surface area contributed by atoms with Crippen molar-refractivity contribution >= 4 is 27.8 Å². The number of benzene rings is 1. The Balaban J connectivity index is 1.49. The number of ether oxygens (including phenoxy) is 3. The maximum absolute atomic E-state index is 14.2. The molecule has 1 aliphatic carbocycles. The van der Waals surface area contributed by atoms with Crippen LogP contribution in [0.4, 0.5) is 15.0 Å². The Bertz CT molecular complexity index is 1040. The van der Waals surface area contributed by atoms with E-state index >= 15 is 0 Å². The van der Waals surface area contributed by atoms with E-state index in [1.54, 1.807) is 12.1 Å². The molecule has 0 radical (unpaired) electrons. The molecule has 0 spiro atoms. The lowest BCUT2D eigenvalue weighted by atomic mass is 9.90. The van der Waals surface area contributed by atoms with E-state index in [0.29, 0.717) is 33.8 Å². The molecule has 1 saturated carbocycles. The highest BCUT2D eigenvalue weighted by Crippen LogP contribution is 2.35. The number of hydrogen-bond acceptors (Lipinski definition) is 7. The van der Waals surface area contributed by atoms with Crippen molar-refractivity contribution in [2.24, 2.45) is 0 Å². The van der Waals surface area contributed by atoms with E-state index < -0.39 is 11.4 Å². The molecule has 4 rings (SSSR count). The van der Waals surface area contributed by atoms with Crippen LogP contribution in [0.2, 0.25) is 0 Å². The van der Waals surface area contributed by atoms with Gasteiger partial charge in [0.15, 0.2) is 12.6 Å². The summed E-state index contributed by atoms with van der Waals surface area (Å²) in [5.41, 5.74) is 0.450. The first-order chi connectivity index (χ1) is 16.7. The highest BCUT2D eigenvalue weighted by molar-refractivity contribution is 9.10. The molecule has 1 atom stereocenters. The van der Waals surface area contributed by atoms with Crippen LogP contribution in [0, 0.1) is 5.82 Å². The molecule has 1 saturated heterocycles. The fourth-order valence-corrected chi connectivity index (χ4v) is 4.68. The second kappa shape index (κ2) is 10.7. The Morgan fingerprint density at radius 2 is 1.97 bits per heavy atom. The SMILES string of the molecule is COCOc1cc(Br)c(F)cc1-c1ccc(N2CC[C@@H](N(C(=O)OC(C)(C)C)C3CCC3)C2)nn1. The van der Waals surface area contributed by atoms with E-state index in [2.05, 4.69) is 31.0 Å². The van der Waals surface area contributed by atoms with Crippen LogP contribution in [0.5, 0.6) is 5.75 Å². The summed E-state index contributed by atoms with van der Waals surface area (Å²) < 4.78 is 30.8. The molecule has 8 nitrogen and oxygen atoms in total. The number of amides is 1. The Morgan fingerprint density at radius 1 is 1.20 bits per heavy atom. The van der Waals surface area contributed by atoms with Gasteiger partial charge in [0.25, 0.3) is 0 Å². The van der Waals surface area contributed by atoms with Crippen molar-refractivity contribution in [3.05, 3.63) is 34.6 Å². The van der Waals surface area contributed by atoms with Crippen molar-refractivity contribution in [2.45, 2.75) is 64.1 Å². The number of rotatable bonds is 7. The molecule has 35 heavy (non-hydrogen) atoms. The topological polar surface area (TPSA) is 77.0 Å². The lowest BCUT2D eigenvalue weighted by molar-refractivity contribution is -0.00351. The Kier molecular flexibility index (Phi) is 7.80. The zero-order chi connectivity index (χ0) is 25.2. The fraction of sp³-hybridized carbons (Fsp3) is 0.560. The first-order valence-electron chi connectivity index (χ1n) is 11.9. The van der Waals surface area contributed by atoms with Crippen molar-refractivity contribution in [1.29, 1.82) is 0 Å². The van der Waals surface area contributed by atoms with Gasteiger partial charge in [-0.05, 0) is 86.6 Å². The summed E-state index contributed by atoms with van der Waals surface area (Å²) in [7, 11) is 1.52. The second-order valence-corrected chi connectivity index (χ2v) is 10.8. The molecule has 1 aromatic carbocycles. The van der Waals surface area contributed by atoms with Gasteiger partial charge in [0.2, 0.25) is 0 Å². The highest BCUT2D eigenvalue weighted by atomic mass is 79.9. The lowest BCUT2D eigenvalue weighted by Crippen LogP contribution is -2.52. The first-order valence-corrected chi connectivity index (χ1v) is 12.7. The van der Waals surface area contributed by atoms with E-state index in [0.717, 1.165) is 32.2 Å². The molecule has 0 unspecified atom stereocenters. The van der Waals surface area contributed by atoms with Gasteiger partial charge in [-0.15, -0.1) is 10.2 Å². The van der Waals surface area contributed by atoms with Crippen LogP contribution in [0.15, 0.2) is 28.7 Å². The Labute approximate surface area is 213 Å². The van der Waals surface area contributed by atoms with Gasteiger partial charge >= 0.3 is 6.09 Å². The third kappa shape index (κ3) is 6.03. The van der Waals surface area contributed by atoms with Gasteiger partial charge < -0.3 is 24.0 Å². The van der Waals surface area contributed by atoms with Crippen molar-refractivity contribution in [1.82, 2.24) is 15.1 Å². The summed E-state index contributed by atoms with van der Waals surface area (Å²) in [5.74, 6) is 0.735. The average Bonchev–Trinajstić information content (AvgIpc) is 3.25. The summed E-state index contributed by atoms with van der Waals surface area (Å²) >= 11 is 3.19. The number of hydrogen-bond donors (Lipinski definition) is 0. The van der Waals surface area contributed by atoms with Crippen LogP contribution < -0.4 is 9.64 Å². The molecule has 2 aromatic rings. The molecule has 1 aromatic heterocycles. The maximum Gasteiger partial charge on any atom is 0.410 e. The van der Waals surface area contributed by atoms with Crippen molar-refractivity contribution in [3.63, 3.8) is 0 Å². The molecule has 1 aliphatic heterocycles. The van der Waals surface area contributed by atoms with Gasteiger partial charge in [-0.2, -0.15) is 0 Å². The maximum atomic E-state index is 14.2. The van der Waals surface area contributed by atoms with Gasteiger partial charge in [0.05, 0.1) is 16.2 Å². The van der Waals surface area contributed by atoms with Gasteiger partial charge in [0.1, 0.15) is 17.2 Å². The smallest absolute Gasteiger partial charge is 0.410 e. The van der Waals surface area contributed by atoms with Gasteiger partial charge in [-0.1, -0.05) is 0 Å². The predicted octanol–water partition coefficient (Wildman–Crippen LogP) is 5.40. The summed E-state index contributed by atoms with van der Waals surface area (Å²) in [6.07, 6.45) is 3.77. The van der Waals surface area contributed by atoms with E-state index in [1.807, 2.05) is 31.7 Å². The van der Waals surface area contributed by atoms with Crippen LogP contribution in [0.1, 0.15) is 46.5 Å². The summed E-state index contributed by atoms with van der Waals surface area (Å²) in [5, 5.41) is 8.76. The quantitative estimate of drug-likeness (QED) is 0.427. The molecule has 10 heteroatoms. The zero-order valence-corrected chi connectivity index (χ0v) is 22.2. The molecule has 190 valence electrons. The number of methoxy groups -OCH3 is 1.